The summed E-state index contributed by atoms with van der Waals surface area (Å²) >= 11 is 0. The maximum atomic E-state index is 5.67. The summed E-state index contributed by atoms with van der Waals surface area (Å²) in [5, 5.41) is 7.66. The summed E-state index contributed by atoms with van der Waals surface area (Å²) in [4.78, 5) is 7.72. The van der Waals surface area contributed by atoms with E-state index in [0.717, 1.165) is 34.8 Å². The van der Waals surface area contributed by atoms with Crippen molar-refractivity contribution in [2.24, 2.45) is 5.92 Å². The van der Waals surface area contributed by atoms with Crippen LogP contribution in [0.3, 0.4) is 0 Å². The van der Waals surface area contributed by atoms with Gasteiger partial charge in [-0.3, -0.25) is 0 Å². The monoisotopic (exact) mass is 268 g/mol. The van der Waals surface area contributed by atoms with E-state index in [-0.39, 0.29) is 0 Å². The van der Waals surface area contributed by atoms with Gasteiger partial charge in [-0.1, -0.05) is 13.8 Å². The fourth-order valence-electron chi connectivity index (χ4n) is 1.88. The predicted molar refractivity (Wildman–Crippen MR) is 77.5 cm³/mol. The molecule has 0 unspecified atom stereocenters. The zero-order chi connectivity index (χ0) is 13.9. The van der Waals surface area contributed by atoms with Gasteiger partial charge in [0.05, 0.1) is 24.5 Å². The minimum atomic E-state index is 0.519. The zero-order valence-electron chi connectivity index (χ0n) is 11.5. The maximum Gasteiger partial charge on any atom is 0.138 e. The molecule has 2 aromatic heterocycles. The summed E-state index contributed by atoms with van der Waals surface area (Å²) in [6.45, 7) is 4.98. The third-order valence-electron chi connectivity index (χ3n) is 2.91. The Hall–Kier alpha value is -2.43. The second kappa shape index (κ2) is 5.28. The molecule has 1 N–H and O–H groups in total. The molecule has 20 heavy (non-hydrogen) atoms. The van der Waals surface area contributed by atoms with Crippen molar-refractivity contribution in [1.82, 2.24) is 20.2 Å². The van der Waals surface area contributed by atoms with E-state index >= 15 is 0 Å². The van der Waals surface area contributed by atoms with Crippen LogP contribution in [0, 0.1) is 5.92 Å². The van der Waals surface area contributed by atoms with Crippen molar-refractivity contribution in [2.45, 2.75) is 13.8 Å². The molecule has 0 fully saturated rings. The minimum absolute atomic E-state index is 0.519. The number of nitrogens with zero attached hydrogens (tertiary/aromatic N) is 3. The Bertz CT molecular complexity index is 670. The van der Waals surface area contributed by atoms with E-state index in [9.17, 15) is 0 Å². The normalized spacial score (nSPS) is 11.2. The standard InChI is InChI=1S/C15H16N4O/c1-10(2)9-20-12-5-3-11(4-6-12)15-18-13-7-16-17-8-14(13)19-15/h3-8,10H,9H2,1-2H3,(H,18,19). The summed E-state index contributed by atoms with van der Waals surface area (Å²) < 4.78 is 5.67. The van der Waals surface area contributed by atoms with Crippen molar-refractivity contribution < 1.29 is 4.74 Å². The molecule has 0 saturated heterocycles. The fourth-order valence-corrected chi connectivity index (χ4v) is 1.88. The SMILES string of the molecule is CC(C)COc1ccc(-c2nc3cnncc3[nH]2)cc1. The average Bonchev–Trinajstić information content (AvgIpc) is 2.89. The number of hydrogen-bond donors (Lipinski definition) is 1. The number of imidazole rings is 1. The first-order valence-electron chi connectivity index (χ1n) is 6.62. The average molecular weight is 268 g/mol. The summed E-state index contributed by atoms with van der Waals surface area (Å²) in [5.74, 6) is 2.21. The smallest absolute Gasteiger partial charge is 0.138 e. The lowest BCUT2D eigenvalue weighted by Gasteiger charge is -2.08. The fraction of sp³-hybridized carbons (Fsp3) is 0.267. The molecule has 0 saturated carbocycles. The van der Waals surface area contributed by atoms with Crippen molar-refractivity contribution in [3.8, 4) is 17.1 Å². The van der Waals surface area contributed by atoms with Gasteiger partial charge in [0.25, 0.3) is 0 Å². The van der Waals surface area contributed by atoms with E-state index in [1.165, 1.54) is 0 Å². The molecule has 0 atom stereocenters. The van der Waals surface area contributed by atoms with Crippen LogP contribution in [0.4, 0.5) is 0 Å². The molecule has 0 aliphatic rings. The van der Waals surface area contributed by atoms with Gasteiger partial charge in [-0.25, -0.2) is 4.98 Å². The van der Waals surface area contributed by atoms with Crippen LogP contribution in [-0.2, 0) is 0 Å². The quantitative estimate of drug-likeness (QED) is 0.790. The number of hydrogen-bond acceptors (Lipinski definition) is 4. The van der Waals surface area contributed by atoms with Crippen LogP contribution in [0.25, 0.3) is 22.4 Å². The largest absolute Gasteiger partial charge is 0.493 e. The highest BCUT2D eigenvalue weighted by Gasteiger charge is 2.06. The molecular weight excluding hydrogens is 252 g/mol. The Morgan fingerprint density at radius 3 is 2.55 bits per heavy atom. The number of fused-ring (bicyclic) bond motifs is 1. The Morgan fingerprint density at radius 1 is 1.10 bits per heavy atom. The highest BCUT2D eigenvalue weighted by atomic mass is 16.5. The Labute approximate surface area is 117 Å². The van der Waals surface area contributed by atoms with Gasteiger partial charge in [-0.15, -0.1) is 0 Å². The van der Waals surface area contributed by atoms with Crippen LogP contribution in [-0.4, -0.2) is 26.8 Å². The second-order valence-corrected chi connectivity index (χ2v) is 5.10. The van der Waals surface area contributed by atoms with Gasteiger partial charge in [-0.2, -0.15) is 10.2 Å². The second-order valence-electron chi connectivity index (χ2n) is 5.10. The van der Waals surface area contributed by atoms with Crippen LogP contribution in [0.15, 0.2) is 36.7 Å². The van der Waals surface area contributed by atoms with Gasteiger partial charge in [0, 0.05) is 5.56 Å². The van der Waals surface area contributed by atoms with Gasteiger partial charge >= 0.3 is 0 Å². The van der Waals surface area contributed by atoms with Crippen molar-refractivity contribution >= 4 is 11.0 Å². The number of aromatic amines is 1. The molecule has 3 aromatic rings. The predicted octanol–water partition coefficient (Wildman–Crippen LogP) is 3.05. The summed E-state index contributed by atoms with van der Waals surface area (Å²) in [6.07, 6.45) is 3.32. The van der Waals surface area contributed by atoms with Gasteiger partial charge < -0.3 is 9.72 Å². The van der Waals surface area contributed by atoms with Crippen molar-refractivity contribution in [3.05, 3.63) is 36.7 Å². The Balaban J connectivity index is 1.83. The first-order valence-corrected chi connectivity index (χ1v) is 6.62. The number of ether oxygens (including phenoxy) is 1. The zero-order valence-corrected chi connectivity index (χ0v) is 11.5. The molecule has 5 nitrogen and oxygen atoms in total. The molecule has 0 aliphatic heterocycles. The van der Waals surface area contributed by atoms with E-state index in [2.05, 4.69) is 34.0 Å². The summed E-state index contributed by atoms with van der Waals surface area (Å²) in [5.41, 5.74) is 2.71. The number of nitrogens with one attached hydrogen (secondary N) is 1. The topological polar surface area (TPSA) is 63.7 Å². The number of rotatable bonds is 4. The lowest BCUT2D eigenvalue weighted by molar-refractivity contribution is 0.271. The lowest BCUT2D eigenvalue weighted by Crippen LogP contribution is -2.04. The van der Waals surface area contributed by atoms with Gasteiger partial charge in [0.2, 0.25) is 0 Å². The Morgan fingerprint density at radius 2 is 1.85 bits per heavy atom. The Kier molecular flexibility index (Phi) is 3.33. The number of H-pyrrole nitrogens is 1. The van der Waals surface area contributed by atoms with Crippen LogP contribution < -0.4 is 4.74 Å². The molecule has 0 amide bonds. The maximum absolute atomic E-state index is 5.67. The van der Waals surface area contributed by atoms with Crippen LogP contribution >= 0.6 is 0 Å². The highest BCUT2D eigenvalue weighted by Crippen LogP contribution is 2.22. The highest BCUT2D eigenvalue weighted by molar-refractivity contribution is 5.77. The number of aromatic nitrogens is 4. The molecule has 5 heteroatoms. The molecule has 102 valence electrons. The third-order valence-corrected chi connectivity index (χ3v) is 2.91. The molecule has 0 radical (unpaired) electrons. The molecule has 0 aliphatic carbocycles. The minimum Gasteiger partial charge on any atom is -0.493 e. The van der Waals surface area contributed by atoms with Gasteiger partial charge in [0.15, 0.2) is 0 Å². The molecule has 3 rings (SSSR count). The van der Waals surface area contributed by atoms with E-state index in [0.29, 0.717) is 5.92 Å². The first-order chi connectivity index (χ1) is 9.72. The van der Waals surface area contributed by atoms with E-state index < -0.39 is 0 Å². The molecular formula is C15H16N4O. The van der Waals surface area contributed by atoms with Gasteiger partial charge in [-0.05, 0) is 30.2 Å². The third kappa shape index (κ3) is 2.61. The summed E-state index contributed by atoms with van der Waals surface area (Å²) in [7, 11) is 0. The van der Waals surface area contributed by atoms with Gasteiger partial charge in [0.1, 0.15) is 17.1 Å². The lowest BCUT2D eigenvalue weighted by atomic mass is 10.2. The van der Waals surface area contributed by atoms with Crippen LogP contribution in [0.1, 0.15) is 13.8 Å². The molecule has 1 aromatic carbocycles. The van der Waals surface area contributed by atoms with Crippen molar-refractivity contribution in [3.63, 3.8) is 0 Å². The molecule has 2 heterocycles. The number of benzene rings is 1. The first kappa shape index (κ1) is 12.6. The summed E-state index contributed by atoms with van der Waals surface area (Å²) in [6, 6.07) is 7.91. The molecule has 0 bridgehead atoms. The van der Waals surface area contributed by atoms with Crippen molar-refractivity contribution in [1.29, 1.82) is 0 Å². The van der Waals surface area contributed by atoms with E-state index in [4.69, 9.17) is 4.74 Å². The van der Waals surface area contributed by atoms with Crippen molar-refractivity contribution in [2.75, 3.05) is 6.61 Å². The van der Waals surface area contributed by atoms with E-state index in [1.807, 2.05) is 24.3 Å². The van der Waals surface area contributed by atoms with E-state index in [1.54, 1.807) is 12.4 Å². The van der Waals surface area contributed by atoms with Crippen LogP contribution in [0.5, 0.6) is 5.75 Å². The molecule has 0 spiro atoms. The van der Waals surface area contributed by atoms with Crippen LogP contribution in [0.2, 0.25) is 0 Å².